The number of hydrogen-bond donors (Lipinski definition) is 1. The van der Waals surface area contributed by atoms with Crippen molar-refractivity contribution >= 4 is 19.8 Å². The highest BCUT2D eigenvalue weighted by molar-refractivity contribution is 7.47. The third-order valence-electron chi connectivity index (χ3n) is 16.1. The molecule has 0 heterocycles. The molecule has 0 saturated heterocycles. The number of unbranched alkanes of at least 4 members (excludes halogenated alkanes) is 29. The van der Waals surface area contributed by atoms with Gasteiger partial charge in [0, 0.05) is 12.8 Å². The number of rotatable bonds is 69. The first-order chi connectivity index (χ1) is 46.0. The molecule has 0 amide bonds. The summed E-state index contributed by atoms with van der Waals surface area (Å²) in [6.07, 6.45) is 109. The van der Waals surface area contributed by atoms with Crippen LogP contribution in [0.15, 0.2) is 158 Å². The van der Waals surface area contributed by atoms with E-state index < -0.39 is 26.5 Å². The zero-order valence-electron chi connectivity index (χ0n) is 61.1. The van der Waals surface area contributed by atoms with E-state index in [4.69, 9.17) is 18.5 Å². The van der Waals surface area contributed by atoms with Crippen molar-refractivity contribution < 1.29 is 42.1 Å². The fourth-order valence-electron chi connectivity index (χ4n) is 10.3. The molecule has 10 heteroatoms. The van der Waals surface area contributed by atoms with Gasteiger partial charge in [0.2, 0.25) is 0 Å². The number of esters is 2. The monoisotopic (exact) mass is 1330 g/mol. The molecule has 2 atom stereocenters. The third kappa shape index (κ3) is 76.6. The van der Waals surface area contributed by atoms with Crippen LogP contribution in [0, 0.1) is 0 Å². The lowest BCUT2D eigenvalue weighted by molar-refractivity contribution is -0.870. The molecule has 0 rings (SSSR count). The van der Waals surface area contributed by atoms with E-state index in [2.05, 4.69) is 172 Å². The predicted molar refractivity (Wildman–Crippen MR) is 408 cm³/mol. The Bertz CT molecular complexity index is 2150. The van der Waals surface area contributed by atoms with Crippen molar-refractivity contribution in [2.45, 2.75) is 315 Å². The van der Waals surface area contributed by atoms with Crippen LogP contribution in [0.1, 0.15) is 309 Å². The molecule has 1 N–H and O–H groups in total. The van der Waals surface area contributed by atoms with E-state index in [9.17, 15) is 19.0 Å². The second-order valence-electron chi connectivity index (χ2n) is 26.3. The molecule has 0 fully saturated rings. The molecule has 536 valence electrons. The zero-order valence-corrected chi connectivity index (χ0v) is 62.0. The van der Waals surface area contributed by atoms with Gasteiger partial charge in [-0.3, -0.25) is 18.6 Å². The van der Waals surface area contributed by atoms with Crippen molar-refractivity contribution in [2.24, 2.45) is 0 Å². The summed E-state index contributed by atoms with van der Waals surface area (Å²) in [5.74, 6) is -0.797. The standard InChI is InChI=1S/C84H142NO8P/c1-6-8-10-12-14-16-18-20-22-24-26-28-30-32-34-36-37-38-39-40-41-42-43-44-45-46-47-49-51-53-55-57-59-61-63-65-67-69-71-73-75-77-84(87)93-82(81-92-94(88,89)91-79-78-85(3,4)5)80-90-83(86)76-74-72-70-68-66-64-62-60-58-56-54-52-50-48-35-33-31-29-27-25-23-21-19-17-15-13-11-9-7-2/h8-11,14-17,20-23,26-29,32-35,37-38,40-41,43-44,82H,6-7,12-13,18-19,24-25,30-31,36,39,42,45-81H2,1-5H3/p+1/b10-8-,11-9-,16-14-,17-15-,22-20-,23-21-,28-26-,29-27-,34-32-,35-33-,38-37-,41-40-,44-43-. The van der Waals surface area contributed by atoms with E-state index in [1.165, 1.54) is 154 Å². The number of carbonyl (C=O) groups is 2. The minimum Gasteiger partial charge on any atom is -0.462 e. The molecule has 0 radical (unpaired) electrons. The minimum absolute atomic E-state index is 0.0264. The number of likely N-dealkylation sites (N-methyl/N-ethyl adjacent to an activating group) is 1. The number of phosphoric acid groups is 1. The normalized spacial score (nSPS) is 14.0. The maximum absolute atomic E-state index is 12.9. The first-order valence-corrected chi connectivity index (χ1v) is 39.7. The second-order valence-corrected chi connectivity index (χ2v) is 27.7. The molecule has 0 bridgehead atoms. The molecule has 0 aromatic carbocycles. The molecule has 94 heavy (non-hydrogen) atoms. The quantitative estimate of drug-likeness (QED) is 0.0211. The number of ether oxygens (including phenoxy) is 2. The highest BCUT2D eigenvalue weighted by Crippen LogP contribution is 2.43. The summed E-state index contributed by atoms with van der Waals surface area (Å²) in [4.78, 5) is 36.0. The van der Waals surface area contributed by atoms with Gasteiger partial charge in [-0.1, -0.05) is 332 Å². The number of quaternary nitrogens is 1. The van der Waals surface area contributed by atoms with E-state index in [0.29, 0.717) is 17.4 Å². The lowest BCUT2D eigenvalue weighted by Crippen LogP contribution is -2.37. The van der Waals surface area contributed by atoms with Crippen LogP contribution in [0.4, 0.5) is 0 Å². The van der Waals surface area contributed by atoms with Gasteiger partial charge in [-0.15, -0.1) is 0 Å². The van der Waals surface area contributed by atoms with E-state index >= 15 is 0 Å². The van der Waals surface area contributed by atoms with Crippen molar-refractivity contribution in [2.75, 3.05) is 47.5 Å². The highest BCUT2D eigenvalue weighted by atomic mass is 31.2. The molecular formula is C84H143NO8P+. The van der Waals surface area contributed by atoms with Crippen molar-refractivity contribution in [3.05, 3.63) is 158 Å². The van der Waals surface area contributed by atoms with Crippen molar-refractivity contribution in [3.63, 3.8) is 0 Å². The Labute approximate surface area is 579 Å². The van der Waals surface area contributed by atoms with Crippen molar-refractivity contribution in [1.29, 1.82) is 0 Å². The third-order valence-corrected chi connectivity index (χ3v) is 17.0. The van der Waals surface area contributed by atoms with Gasteiger partial charge in [0.15, 0.2) is 6.10 Å². The Morgan fingerprint density at radius 1 is 0.330 bits per heavy atom. The number of carbonyl (C=O) groups excluding carboxylic acids is 2. The zero-order chi connectivity index (χ0) is 68.3. The number of nitrogens with zero attached hydrogens (tertiary/aromatic N) is 1. The van der Waals surface area contributed by atoms with E-state index in [1.807, 2.05) is 21.1 Å². The largest absolute Gasteiger partial charge is 0.472 e. The summed E-state index contributed by atoms with van der Waals surface area (Å²) in [7, 11) is 1.47. The molecule has 2 unspecified atom stereocenters. The Balaban J connectivity index is 4.01. The van der Waals surface area contributed by atoms with E-state index in [1.54, 1.807) is 0 Å². The summed E-state index contributed by atoms with van der Waals surface area (Å²) in [5, 5.41) is 0. The number of hydrogen-bond acceptors (Lipinski definition) is 7. The average molecular weight is 1330 g/mol. The van der Waals surface area contributed by atoms with Gasteiger partial charge in [0.1, 0.15) is 19.8 Å². The molecule has 0 spiro atoms. The van der Waals surface area contributed by atoms with Gasteiger partial charge in [-0.25, -0.2) is 4.57 Å². The molecular weight excluding hydrogens is 1180 g/mol. The van der Waals surface area contributed by atoms with Crippen molar-refractivity contribution in [3.8, 4) is 0 Å². The Morgan fingerprint density at radius 3 is 0.851 bits per heavy atom. The first kappa shape index (κ1) is 89.6. The van der Waals surface area contributed by atoms with Gasteiger partial charge < -0.3 is 18.9 Å². The first-order valence-electron chi connectivity index (χ1n) is 38.2. The summed E-state index contributed by atoms with van der Waals surface area (Å²) < 4.78 is 34.8. The van der Waals surface area contributed by atoms with Gasteiger partial charge in [0.05, 0.1) is 27.7 Å². The van der Waals surface area contributed by atoms with Gasteiger partial charge in [-0.2, -0.15) is 0 Å². The van der Waals surface area contributed by atoms with Crippen LogP contribution in [0.3, 0.4) is 0 Å². The van der Waals surface area contributed by atoms with Crippen LogP contribution in [0.5, 0.6) is 0 Å². The van der Waals surface area contributed by atoms with Crippen LogP contribution < -0.4 is 0 Å². The van der Waals surface area contributed by atoms with Gasteiger partial charge >= 0.3 is 19.8 Å². The molecule has 0 saturated carbocycles. The lowest BCUT2D eigenvalue weighted by atomic mass is 10.0. The molecule has 0 aromatic rings. The Hall–Kier alpha value is -4.37. The summed E-state index contributed by atoms with van der Waals surface area (Å²) in [6.45, 7) is 4.22. The SMILES string of the molecule is CC/C=C\C/C=C\C/C=C\C/C=C\C/C=C\C/C=C\C/C=C\C/C=C\CCCCCCCCCCCCCCCCCCC(=O)OC(COC(=O)CCCCCCCCCCCCCCC/C=C\C/C=C\C/C=C\C/C=C\C/C=C\CC)COP(=O)(O)OCC[N+](C)(C)C. The van der Waals surface area contributed by atoms with Crippen LogP contribution in [0.2, 0.25) is 0 Å². The molecule has 9 nitrogen and oxygen atoms in total. The second kappa shape index (κ2) is 72.9. The maximum Gasteiger partial charge on any atom is 0.472 e. The average Bonchev–Trinajstić information content (AvgIpc) is 1.57. The van der Waals surface area contributed by atoms with Gasteiger partial charge in [-0.05, 0) is 122 Å². The van der Waals surface area contributed by atoms with Crippen LogP contribution in [0.25, 0.3) is 0 Å². The molecule has 0 aliphatic heterocycles. The lowest BCUT2D eigenvalue weighted by Gasteiger charge is -2.24. The fraction of sp³-hybridized carbons (Fsp3) is 0.667. The fourth-order valence-corrected chi connectivity index (χ4v) is 11.0. The molecule has 0 aliphatic rings. The molecule has 0 aliphatic carbocycles. The maximum atomic E-state index is 12.9. The topological polar surface area (TPSA) is 108 Å². The minimum atomic E-state index is -4.40. The predicted octanol–water partition coefficient (Wildman–Crippen LogP) is 25.5. The summed E-state index contributed by atoms with van der Waals surface area (Å²) >= 11 is 0. The van der Waals surface area contributed by atoms with E-state index in [-0.39, 0.29) is 32.0 Å². The Morgan fingerprint density at radius 2 is 0.574 bits per heavy atom. The Kier molecular flexibility index (Phi) is 69.5. The summed E-state index contributed by atoms with van der Waals surface area (Å²) in [5.41, 5.74) is 0. The van der Waals surface area contributed by atoms with Crippen LogP contribution >= 0.6 is 7.82 Å². The van der Waals surface area contributed by atoms with Crippen LogP contribution in [-0.2, 0) is 32.7 Å². The van der Waals surface area contributed by atoms with E-state index in [0.717, 1.165) is 122 Å². The molecule has 0 aromatic heterocycles. The number of allylic oxidation sites excluding steroid dienone is 26. The van der Waals surface area contributed by atoms with Crippen molar-refractivity contribution in [1.82, 2.24) is 0 Å². The van der Waals surface area contributed by atoms with Gasteiger partial charge in [0.25, 0.3) is 0 Å². The number of phosphoric ester groups is 1. The summed E-state index contributed by atoms with van der Waals surface area (Å²) in [6, 6.07) is 0. The highest BCUT2D eigenvalue weighted by Gasteiger charge is 2.27. The smallest absolute Gasteiger partial charge is 0.462 e. The van der Waals surface area contributed by atoms with Crippen LogP contribution in [-0.4, -0.2) is 74.9 Å².